The van der Waals surface area contributed by atoms with Gasteiger partial charge in [-0.15, -0.1) is 0 Å². The molecular weight excluding hydrogens is 366 g/mol. The van der Waals surface area contributed by atoms with Gasteiger partial charge in [0.15, 0.2) is 5.82 Å². The van der Waals surface area contributed by atoms with Crippen molar-refractivity contribution in [2.45, 2.75) is 69.8 Å². The highest BCUT2D eigenvalue weighted by Crippen LogP contribution is 2.66. The fourth-order valence-corrected chi connectivity index (χ4v) is 3.47. The van der Waals surface area contributed by atoms with Crippen LogP contribution in [-0.4, -0.2) is 44.4 Å². The first kappa shape index (κ1) is 18.4. The van der Waals surface area contributed by atoms with Crippen LogP contribution in [0.3, 0.4) is 0 Å². The lowest BCUT2D eigenvalue weighted by Gasteiger charge is -2.21. The lowest BCUT2D eigenvalue weighted by Crippen LogP contribution is -2.34. The van der Waals surface area contributed by atoms with Crippen LogP contribution in [0.1, 0.15) is 51.3 Å². The summed E-state index contributed by atoms with van der Waals surface area (Å²) in [6.07, 6.45) is -1.33. The van der Waals surface area contributed by atoms with Crippen molar-refractivity contribution in [3.05, 3.63) is 11.7 Å². The summed E-state index contributed by atoms with van der Waals surface area (Å²) < 4.78 is 53.0. The van der Waals surface area contributed by atoms with Crippen LogP contribution in [0, 0.1) is 5.41 Å². The van der Waals surface area contributed by atoms with Gasteiger partial charge in [0, 0.05) is 11.6 Å². The summed E-state index contributed by atoms with van der Waals surface area (Å²) in [5.41, 5.74) is 0.407. The molecule has 10 heteroatoms. The van der Waals surface area contributed by atoms with Gasteiger partial charge in [0.2, 0.25) is 11.9 Å². The van der Waals surface area contributed by atoms with Crippen LogP contribution in [0.15, 0.2) is 5.83 Å². The molecule has 3 aliphatic rings. The molecule has 1 aromatic heterocycles. The van der Waals surface area contributed by atoms with E-state index in [9.17, 15) is 22.7 Å². The maximum absolute atomic E-state index is 14.4. The van der Waals surface area contributed by atoms with E-state index in [2.05, 4.69) is 25.6 Å². The van der Waals surface area contributed by atoms with Gasteiger partial charge in [-0.05, 0) is 50.9 Å². The number of hydrogen-bond acceptors (Lipinski definition) is 6. The number of rotatable bonds is 5. The van der Waals surface area contributed by atoms with Crippen LogP contribution in [0.2, 0.25) is 0 Å². The lowest BCUT2D eigenvalue weighted by atomic mass is 9.96. The molecule has 1 heterocycles. The minimum Gasteiger partial charge on any atom is -0.386 e. The second-order valence-electron chi connectivity index (χ2n) is 7.71. The third-order valence-electron chi connectivity index (χ3n) is 5.61. The number of hydrogen-bond donors (Lipinski definition) is 3. The number of halogens is 4. The quantitative estimate of drug-likeness (QED) is 0.672. The summed E-state index contributed by atoms with van der Waals surface area (Å²) in [6.45, 7) is 0.959. The standard InChI is InChI=1S/C17H21F4N5O/c1-8(17(19,20)21)22-14-24-13(9-3-2-4-10(27)12(9)18)25-15(26-14)23-11-7-16(11)5-6-16/h8,10-11,27H,2-7H2,1H3,(H2,22,23,24,25,26)/t8-,10?,11?/m1/s1. The van der Waals surface area contributed by atoms with Gasteiger partial charge in [-0.3, -0.25) is 0 Å². The maximum Gasteiger partial charge on any atom is 0.408 e. The Labute approximate surface area is 153 Å². The highest BCUT2D eigenvalue weighted by molar-refractivity contribution is 5.65. The van der Waals surface area contributed by atoms with Crippen LogP contribution >= 0.6 is 0 Å². The Morgan fingerprint density at radius 3 is 2.52 bits per heavy atom. The molecule has 27 heavy (non-hydrogen) atoms. The number of alkyl halides is 3. The zero-order valence-electron chi connectivity index (χ0n) is 14.8. The van der Waals surface area contributed by atoms with Crippen LogP contribution in [0.5, 0.6) is 0 Å². The van der Waals surface area contributed by atoms with Crippen LogP contribution in [0.25, 0.3) is 5.57 Å². The Morgan fingerprint density at radius 1 is 1.19 bits per heavy atom. The number of allylic oxidation sites excluding steroid dienone is 1. The highest BCUT2D eigenvalue weighted by Gasteiger charge is 2.63. The van der Waals surface area contributed by atoms with Gasteiger partial charge in [0.1, 0.15) is 18.0 Å². The molecule has 3 aliphatic carbocycles. The van der Waals surface area contributed by atoms with Crippen molar-refractivity contribution in [3.63, 3.8) is 0 Å². The lowest BCUT2D eigenvalue weighted by molar-refractivity contribution is -0.138. The van der Waals surface area contributed by atoms with E-state index in [1.807, 2.05) is 0 Å². The normalized spacial score (nSPS) is 27.5. The molecule has 2 saturated carbocycles. The van der Waals surface area contributed by atoms with Gasteiger partial charge in [0.05, 0.1) is 0 Å². The molecule has 4 rings (SSSR count). The first-order chi connectivity index (χ1) is 12.7. The van der Waals surface area contributed by atoms with Crippen molar-refractivity contribution < 1.29 is 22.7 Å². The van der Waals surface area contributed by atoms with E-state index in [0.29, 0.717) is 19.3 Å². The first-order valence-corrected chi connectivity index (χ1v) is 9.11. The Bertz CT molecular complexity index is 777. The Morgan fingerprint density at radius 2 is 1.89 bits per heavy atom. The minimum atomic E-state index is -4.47. The van der Waals surface area contributed by atoms with Crippen LogP contribution < -0.4 is 10.6 Å². The zero-order chi connectivity index (χ0) is 19.4. The fourth-order valence-electron chi connectivity index (χ4n) is 3.47. The summed E-state index contributed by atoms with van der Waals surface area (Å²) in [4.78, 5) is 12.3. The van der Waals surface area contributed by atoms with Crippen molar-refractivity contribution in [2.24, 2.45) is 5.41 Å². The predicted octanol–water partition coefficient (Wildman–Crippen LogP) is 3.42. The van der Waals surface area contributed by atoms with Gasteiger partial charge in [-0.2, -0.15) is 28.1 Å². The average Bonchev–Trinajstić information content (AvgIpc) is 3.49. The Balaban J connectivity index is 1.64. The smallest absolute Gasteiger partial charge is 0.386 e. The second kappa shape index (κ2) is 6.29. The van der Waals surface area contributed by atoms with Crippen LogP contribution in [0.4, 0.5) is 29.5 Å². The Hall–Kier alpha value is -1.97. The summed E-state index contributed by atoms with van der Waals surface area (Å²) in [7, 11) is 0. The summed E-state index contributed by atoms with van der Waals surface area (Å²) in [5.74, 6) is -0.895. The molecule has 1 aromatic rings. The number of anilines is 2. The van der Waals surface area contributed by atoms with Gasteiger partial charge in [-0.25, -0.2) is 4.39 Å². The highest BCUT2D eigenvalue weighted by atomic mass is 19.4. The largest absolute Gasteiger partial charge is 0.408 e. The molecule has 3 N–H and O–H groups in total. The van der Waals surface area contributed by atoms with E-state index in [-0.39, 0.29) is 34.8 Å². The SMILES string of the molecule is C[C@@H](Nc1nc(NC2CC23CC3)nc(C2=C(F)C(O)CCC2)n1)C(F)(F)F. The molecule has 0 radical (unpaired) electrons. The summed E-state index contributed by atoms with van der Waals surface area (Å²) in [5, 5.41) is 15.1. The molecule has 3 atom stereocenters. The molecule has 2 unspecified atom stereocenters. The number of nitrogens with one attached hydrogen (secondary N) is 2. The number of aliphatic hydroxyl groups excluding tert-OH is 1. The monoisotopic (exact) mass is 387 g/mol. The van der Waals surface area contributed by atoms with Crippen molar-refractivity contribution >= 4 is 17.5 Å². The molecule has 1 spiro atoms. The predicted molar refractivity (Wildman–Crippen MR) is 90.5 cm³/mol. The molecular formula is C17H21F4N5O. The molecule has 6 nitrogen and oxygen atoms in total. The molecule has 0 bridgehead atoms. The minimum absolute atomic E-state index is 0.0360. The van der Waals surface area contributed by atoms with Crippen molar-refractivity contribution in [3.8, 4) is 0 Å². The number of aromatic nitrogens is 3. The summed E-state index contributed by atoms with van der Waals surface area (Å²) >= 11 is 0. The first-order valence-electron chi connectivity index (χ1n) is 9.11. The molecule has 0 aromatic carbocycles. The number of aliphatic hydroxyl groups is 1. The van der Waals surface area contributed by atoms with E-state index in [1.165, 1.54) is 0 Å². The summed E-state index contributed by atoms with van der Waals surface area (Å²) in [6, 6.07) is -1.68. The third kappa shape index (κ3) is 3.71. The van der Waals surface area contributed by atoms with Gasteiger partial charge in [0.25, 0.3) is 0 Å². The van der Waals surface area contributed by atoms with Crippen molar-refractivity contribution in [2.75, 3.05) is 10.6 Å². The topological polar surface area (TPSA) is 83.0 Å². The van der Waals surface area contributed by atoms with E-state index in [4.69, 9.17) is 0 Å². The van der Waals surface area contributed by atoms with Gasteiger partial charge in [-0.1, -0.05) is 0 Å². The van der Waals surface area contributed by atoms with Crippen LogP contribution in [-0.2, 0) is 0 Å². The maximum atomic E-state index is 14.4. The van der Waals surface area contributed by atoms with Crippen molar-refractivity contribution in [1.82, 2.24) is 15.0 Å². The van der Waals surface area contributed by atoms with E-state index < -0.39 is 24.1 Å². The molecule has 2 fully saturated rings. The van der Waals surface area contributed by atoms with Gasteiger partial charge >= 0.3 is 6.18 Å². The molecule has 148 valence electrons. The molecule has 0 aliphatic heterocycles. The van der Waals surface area contributed by atoms with Crippen molar-refractivity contribution in [1.29, 1.82) is 0 Å². The third-order valence-corrected chi connectivity index (χ3v) is 5.61. The van der Waals surface area contributed by atoms with Gasteiger partial charge < -0.3 is 15.7 Å². The zero-order valence-corrected chi connectivity index (χ0v) is 14.8. The average molecular weight is 387 g/mol. The second-order valence-corrected chi connectivity index (χ2v) is 7.71. The fraction of sp³-hybridized carbons (Fsp3) is 0.706. The number of nitrogens with zero attached hydrogens (tertiary/aromatic N) is 3. The molecule has 0 saturated heterocycles. The van der Waals surface area contributed by atoms with E-state index >= 15 is 0 Å². The molecule has 0 amide bonds. The van der Waals surface area contributed by atoms with E-state index in [0.717, 1.165) is 26.2 Å². The van der Waals surface area contributed by atoms with E-state index in [1.54, 1.807) is 0 Å². The Kier molecular flexibility index (Phi) is 4.28.